The molecule has 0 amide bonds. The lowest BCUT2D eigenvalue weighted by Crippen LogP contribution is -2.68. The minimum atomic E-state index is -4.94. The maximum atomic E-state index is 8.49. The molecule has 2 aromatic rings. The van der Waals surface area contributed by atoms with Gasteiger partial charge in [0.1, 0.15) is 5.69 Å². The van der Waals surface area contributed by atoms with Crippen molar-refractivity contribution in [2.24, 2.45) is 0 Å². The summed E-state index contributed by atoms with van der Waals surface area (Å²) in [5, 5.41) is 4.41. The summed E-state index contributed by atoms with van der Waals surface area (Å²) in [6.07, 6.45) is 2.03. The lowest BCUT2D eigenvalue weighted by molar-refractivity contribution is -2.00. The van der Waals surface area contributed by atoms with Crippen LogP contribution in [0.25, 0.3) is 4.96 Å². The summed E-state index contributed by atoms with van der Waals surface area (Å²) in [5.41, 5.74) is 2.19. The van der Waals surface area contributed by atoms with Crippen LogP contribution in [0.5, 0.6) is 0 Å². The number of nitrogens with zero attached hydrogens (tertiary/aromatic N) is 3. The van der Waals surface area contributed by atoms with Crippen molar-refractivity contribution in [3.63, 3.8) is 0 Å². The molecular weight excluding hydrogens is 302 g/mol. The number of rotatable bonds is 1. The third-order valence-corrected chi connectivity index (χ3v) is 3.62. The van der Waals surface area contributed by atoms with Crippen LogP contribution in [0.15, 0.2) is 10.4 Å². The quantitative estimate of drug-likeness (QED) is 0.403. The van der Waals surface area contributed by atoms with Crippen LogP contribution in [0.1, 0.15) is 11.4 Å². The monoisotopic (exact) mass is 311 g/mol. The number of aryl methyl sites for hydroxylation is 2. The molecule has 0 unspecified atom stereocenters. The van der Waals surface area contributed by atoms with Crippen LogP contribution in [0.4, 0.5) is 0 Å². The van der Waals surface area contributed by atoms with Crippen LogP contribution in [0.2, 0.25) is 0 Å². The molecule has 0 N–H and O–H groups in total. The number of aromatic nitrogens is 3. The van der Waals surface area contributed by atoms with E-state index in [1.807, 2.05) is 30.7 Å². The second-order valence-corrected chi connectivity index (χ2v) is 5.95. The molecule has 0 aromatic carbocycles. The van der Waals surface area contributed by atoms with E-state index in [-0.39, 0.29) is 0 Å². The summed E-state index contributed by atoms with van der Waals surface area (Å²) < 4.78 is 36.9. The van der Waals surface area contributed by atoms with Crippen molar-refractivity contribution in [2.75, 3.05) is 6.26 Å². The standard InChI is InChI=1S/C8H10N3S2.ClHO4/c1-5-4-6(2)11-7(9-5)13-8(10-11)12-3;2-1(3,4)5/h4H,1-3H3;(H,2,3,4,5)/q+1;/p-1. The first-order chi connectivity index (χ1) is 8.20. The van der Waals surface area contributed by atoms with E-state index >= 15 is 0 Å². The highest BCUT2D eigenvalue weighted by Gasteiger charge is 2.15. The Balaban J connectivity index is 0.000000280. The Morgan fingerprint density at radius 1 is 1.28 bits per heavy atom. The number of halogens is 1. The Morgan fingerprint density at radius 2 is 1.83 bits per heavy atom. The van der Waals surface area contributed by atoms with Gasteiger partial charge in [0.05, 0.1) is 0 Å². The molecule has 0 saturated heterocycles. The average Bonchev–Trinajstić information content (AvgIpc) is 2.58. The van der Waals surface area contributed by atoms with E-state index in [9.17, 15) is 0 Å². The van der Waals surface area contributed by atoms with Crippen LogP contribution in [0, 0.1) is 24.1 Å². The molecule has 2 rings (SSSR count). The Morgan fingerprint density at radius 3 is 2.33 bits per heavy atom. The third kappa shape index (κ3) is 4.98. The molecule has 100 valence electrons. The molecule has 0 bridgehead atoms. The van der Waals surface area contributed by atoms with Gasteiger partial charge in [-0.05, 0) is 22.6 Å². The van der Waals surface area contributed by atoms with Crippen molar-refractivity contribution in [2.45, 2.75) is 18.2 Å². The smallest absolute Gasteiger partial charge is 0.222 e. The zero-order chi connectivity index (χ0) is 13.9. The van der Waals surface area contributed by atoms with Crippen molar-refractivity contribution in [1.29, 1.82) is 0 Å². The summed E-state index contributed by atoms with van der Waals surface area (Å²) in [7, 11) is -4.94. The highest BCUT2D eigenvalue weighted by atomic mass is 35.7. The fourth-order valence-electron chi connectivity index (χ4n) is 1.20. The zero-order valence-electron chi connectivity index (χ0n) is 9.75. The van der Waals surface area contributed by atoms with Crippen molar-refractivity contribution in [1.82, 2.24) is 10.1 Å². The largest absolute Gasteiger partial charge is 0.410 e. The van der Waals surface area contributed by atoms with Crippen LogP contribution in [0.3, 0.4) is 0 Å². The normalized spacial score (nSPS) is 11.3. The number of thioether (sulfide) groups is 1. The Bertz CT molecular complexity index is 537. The van der Waals surface area contributed by atoms with Gasteiger partial charge in [-0.1, -0.05) is 21.4 Å². The van der Waals surface area contributed by atoms with E-state index in [1.54, 1.807) is 23.1 Å². The van der Waals surface area contributed by atoms with E-state index < -0.39 is 10.2 Å². The lowest BCUT2D eigenvalue weighted by Gasteiger charge is -2.17. The number of hydrogen-bond acceptors (Lipinski definition) is 8. The molecule has 0 radical (unpaired) electrons. The van der Waals surface area contributed by atoms with E-state index in [1.165, 1.54) is 0 Å². The SMILES string of the molecule is CSc1n[n+]2c(C)cc(C)nc2s1.[O-][Cl+3]([O-])([O-])[O-]. The van der Waals surface area contributed by atoms with Crippen molar-refractivity contribution >= 4 is 28.1 Å². The van der Waals surface area contributed by atoms with Crippen LogP contribution >= 0.6 is 23.1 Å². The Kier molecular flexibility index (Phi) is 5.22. The van der Waals surface area contributed by atoms with Gasteiger partial charge in [0.25, 0.3) is 0 Å². The fourth-order valence-corrected chi connectivity index (χ4v) is 2.65. The van der Waals surface area contributed by atoms with Gasteiger partial charge < -0.3 is 0 Å². The van der Waals surface area contributed by atoms with Gasteiger partial charge in [-0.3, -0.25) is 0 Å². The molecule has 2 aromatic heterocycles. The van der Waals surface area contributed by atoms with E-state index in [4.69, 9.17) is 18.6 Å². The third-order valence-electron chi connectivity index (χ3n) is 1.74. The molecule has 0 atom stereocenters. The van der Waals surface area contributed by atoms with Gasteiger partial charge in [-0.25, -0.2) is 18.6 Å². The van der Waals surface area contributed by atoms with E-state index in [0.29, 0.717) is 0 Å². The Hall–Kier alpha value is -0.550. The molecule has 7 nitrogen and oxygen atoms in total. The minimum absolute atomic E-state index is 0.974. The molecule has 0 aliphatic carbocycles. The Labute approximate surface area is 113 Å². The van der Waals surface area contributed by atoms with Crippen LogP contribution in [-0.4, -0.2) is 16.3 Å². The first-order valence-electron chi connectivity index (χ1n) is 4.53. The second-order valence-electron chi connectivity index (χ2n) is 3.18. The van der Waals surface area contributed by atoms with Crippen LogP contribution in [-0.2, 0) is 0 Å². The summed E-state index contributed by atoms with van der Waals surface area (Å²) in [4.78, 5) is 5.38. The number of hydrogen-bond donors (Lipinski definition) is 0. The highest BCUT2D eigenvalue weighted by Crippen LogP contribution is 2.18. The topological polar surface area (TPSA) is 122 Å². The summed E-state index contributed by atoms with van der Waals surface area (Å²) in [6, 6.07) is 2.04. The van der Waals surface area contributed by atoms with Gasteiger partial charge in [-0.15, -0.1) is 10.2 Å². The molecule has 0 aliphatic heterocycles. The molecule has 18 heavy (non-hydrogen) atoms. The molecule has 10 heteroatoms. The van der Waals surface area contributed by atoms with Crippen molar-refractivity contribution in [3.8, 4) is 0 Å². The molecule has 2 heterocycles. The van der Waals surface area contributed by atoms with Crippen LogP contribution < -0.4 is 23.2 Å². The first-order valence-corrected chi connectivity index (χ1v) is 7.81. The van der Waals surface area contributed by atoms with E-state index in [2.05, 4.69) is 10.1 Å². The lowest BCUT2D eigenvalue weighted by atomic mass is 10.4. The first kappa shape index (κ1) is 15.5. The van der Waals surface area contributed by atoms with Crippen molar-refractivity contribution in [3.05, 3.63) is 17.5 Å². The fraction of sp³-hybridized carbons (Fsp3) is 0.375. The van der Waals surface area contributed by atoms with Gasteiger partial charge in [-0.2, -0.15) is 0 Å². The predicted octanol–water partition coefficient (Wildman–Crippen LogP) is -3.14. The molecule has 0 fully saturated rings. The maximum Gasteiger partial charge on any atom is 0.410 e. The molecule has 0 saturated carbocycles. The van der Waals surface area contributed by atoms with Gasteiger partial charge in [0, 0.05) is 19.9 Å². The zero-order valence-corrected chi connectivity index (χ0v) is 12.1. The summed E-state index contributed by atoms with van der Waals surface area (Å²) in [6.45, 7) is 4.05. The van der Waals surface area contributed by atoms with Gasteiger partial charge in [0.15, 0.2) is 5.69 Å². The van der Waals surface area contributed by atoms with Crippen molar-refractivity contribution < 1.29 is 33.4 Å². The molecule has 0 aliphatic rings. The predicted molar refractivity (Wildman–Crippen MR) is 54.3 cm³/mol. The highest BCUT2D eigenvalue weighted by molar-refractivity contribution is 8.00. The average molecular weight is 312 g/mol. The van der Waals surface area contributed by atoms with Gasteiger partial charge >= 0.3 is 4.96 Å². The van der Waals surface area contributed by atoms with Gasteiger partial charge in [0.2, 0.25) is 4.34 Å². The second kappa shape index (κ2) is 6.06. The summed E-state index contributed by atoms with van der Waals surface area (Å²) >= 11 is 3.28. The maximum absolute atomic E-state index is 8.49. The summed E-state index contributed by atoms with van der Waals surface area (Å²) in [5.74, 6) is 0. The van der Waals surface area contributed by atoms with E-state index in [0.717, 1.165) is 20.7 Å². The molecular formula is C8H10ClN3O4S2. The number of fused-ring (bicyclic) bond motifs is 1. The minimum Gasteiger partial charge on any atom is -0.222 e. The molecule has 0 spiro atoms.